The van der Waals surface area contributed by atoms with Gasteiger partial charge in [0.25, 0.3) is 0 Å². The van der Waals surface area contributed by atoms with Gasteiger partial charge in [0.2, 0.25) is 0 Å². The molecule has 0 radical (unpaired) electrons. The molecule has 1 aromatic heterocycles. The highest BCUT2D eigenvalue weighted by atomic mass is 19.1. The first-order chi connectivity index (χ1) is 6.47. The second-order valence-corrected chi connectivity index (χ2v) is 2.06. The van der Waals surface area contributed by atoms with E-state index in [4.69, 9.17) is 0 Å². The summed E-state index contributed by atoms with van der Waals surface area (Å²) in [5, 5.41) is 1.28. The van der Waals surface area contributed by atoms with Crippen molar-refractivity contribution in [2.75, 3.05) is 7.18 Å². The van der Waals surface area contributed by atoms with E-state index in [1.54, 1.807) is 0 Å². The predicted octanol–water partition coefficient (Wildman–Crippen LogP) is 3.78. The van der Waals surface area contributed by atoms with Crippen molar-refractivity contribution in [3.8, 4) is 0 Å². The molecule has 0 aliphatic rings. The Morgan fingerprint density at radius 2 is 1.62 bits per heavy atom. The molecule has 1 N–H and O–H groups in total. The zero-order valence-corrected chi connectivity index (χ0v) is 8.34. The first-order valence-electron chi connectivity index (χ1n) is 4.37. The molecule has 0 aliphatic carbocycles. The van der Waals surface area contributed by atoms with Crippen LogP contribution in [0.3, 0.4) is 0 Å². The molecule has 2 aromatic rings. The molecule has 0 aliphatic heterocycles. The number of para-hydroxylation sites is 1. The molecule has 0 amide bonds. The third kappa shape index (κ3) is 3.28. The van der Waals surface area contributed by atoms with Crippen molar-refractivity contribution in [2.45, 2.75) is 13.8 Å². The molecule has 1 aromatic carbocycles. The average molecular weight is 181 g/mol. The Morgan fingerprint density at radius 3 is 2.23 bits per heavy atom. The Hall–Kier alpha value is -1.31. The number of aromatic nitrogens is 1. The number of benzene rings is 1. The number of rotatable bonds is 0. The minimum Gasteiger partial charge on any atom is -0.361 e. The highest BCUT2D eigenvalue weighted by Gasteiger charge is 1.86. The second-order valence-electron chi connectivity index (χ2n) is 2.06. The average Bonchev–Trinajstić information content (AvgIpc) is 2.71. The minimum atomic E-state index is 0.500. The smallest absolute Gasteiger partial charge is 0.0785 e. The second kappa shape index (κ2) is 7.35. The van der Waals surface area contributed by atoms with Crippen LogP contribution in [0.1, 0.15) is 13.8 Å². The van der Waals surface area contributed by atoms with Crippen molar-refractivity contribution in [1.29, 1.82) is 0 Å². The zero-order valence-electron chi connectivity index (χ0n) is 8.34. The molecular weight excluding hydrogens is 165 g/mol. The maximum Gasteiger partial charge on any atom is 0.0785 e. The van der Waals surface area contributed by atoms with Crippen LogP contribution in [0.25, 0.3) is 10.9 Å². The van der Waals surface area contributed by atoms with E-state index < -0.39 is 0 Å². The highest BCUT2D eigenvalue weighted by molar-refractivity contribution is 5.78. The number of aromatic amines is 1. The summed E-state index contributed by atoms with van der Waals surface area (Å²) < 4.78 is 9.50. The van der Waals surface area contributed by atoms with Gasteiger partial charge in [0, 0.05) is 11.7 Å². The Morgan fingerprint density at radius 1 is 1.00 bits per heavy atom. The maximum atomic E-state index is 9.50. The molecule has 0 saturated carbocycles. The minimum absolute atomic E-state index is 0.500. The lowest BCUT2D eigenvalue weighted by Crippen LogP contribution is -1.61. The van der Waals surface area contributed by atoms with Crippen molar-refractivity contribution < 1.29 is 4.39 Å². The summed E-state index contributed by atoms with van der Waals surface area (Å²) in [4.78, 5) is 3.12. The molecule has 72 valence electrons. The normalized spacial score (nSPS) is 8.00. The van der Waals surface area contributed by atoms with Crippen LogP contribution in [-0.4, -0.2) is 12.2 Å². The van der Waals surface area contributed by atoms with E-state index in [9.17, 15) is 4.39 Å². The molecule has 0 spiro atoms. The predicted molar refractivity (Wildman–Crippen MR) is 56.7 cm³/mol. The summed E-state index contributed by atoms with van der Waals surface area (Å²) in [6.45, 7) is 4.00. The van der Waals surface area contributed by atoms with Crippen LogP contribution >= 0.6 is 0 Å². The highest BCUT2D eigenvalue weighted by Crippen LogP contribution is 2.09. The van der Waals surface area contributed by atoms with Gasteiger partial charge >= 0.3 is 0 Å². The fourth-order valence-electron chi connectivity index (χ4n) is 0.995. The van der Waals surface area contributed by atoms with E-state index in [0.29, 0.717) is 7.18 Å². The first kappa shape index (κ1) is 11.7. The summed E-state index contributed by atoms with van der Waals surface area (Å²) in [5.74, 6) is 0. The number of H-pyrrole nitrogens is 1. The number of halogens is 1. The summed E-state index contributed by atoms with van der Waals surface area (Å²) in [5.41, 5.74) is 1.21. The number of fused-ring (bicyclic) bond motifs is 1. The lowest BCUT2D eigenvalue weighted by atomic mass is 10.3. The summed E-state index contributed by atoms with van der Waals surface area (Å²) >= 11 is 0. The topological polar surface area (TPSA) is 15.8 Å². The molecular formula is C11H16FN. The third-order valence-electron chi connectivity index (χ3n) is 1.46. The molecule has 0 atom stereocenters. The largest absolute Gasteiger partial charge is 0.361 e. The van der Waals surface area contributed by atoms with Crippen LogP contribution < -0.4 is 0 Å². The van der Waals surface area contributed by atoms with E-state index in [2.05, 4.69) is 23.2 Å². The van der Waals surface area contributed by atoms with E-state index in [1.165, 1.54) is 10.9 Å². The molecule has 0 unspecified atom stereocenters. The van der Waals surface area contributed by atoms with Gasteiger partial charge in [-0.3, -0.25) is 4.39 Å². The third-order valence-corrected chi connectivity index (χ3v) is 1.46. The molecule has 0 bridgehead atoms. The van der Waals surface area contributed by atoms with Crippen molar-refractivity contribution in [2.24, 2.45) is 0 Å². The van der Waals surface area contributed by atoms with E-state index >= 15 is 0 Å². The van der Waals surface area contributed by atoms with Crippen molar-refractivity contribution in [1.82, 2.24) is 4.98 Å². The SMILES string of the molecule is CC.CF.c1ccc2[nH]ccc2c1. The Kier molecular flexibility index (Phi) is 6.60. The van der Waals surface area contributed by atoms with Crippen molar-refractivity contribution >= 4 is 10.9 Å². The molecule has 1 nitrogen and oxygen atoms in total. The van der Waals surface area contributed by atoms with Crippen LogP contribution in [0.15, 0.2) is 36.5 Å². The Bertz CT molecular complexity index is 284. The van der Waals surface area contributed by atoms with Gasteiger partial charge in [0.15, 0.2) is 0 Å². The van der Waals surface area contributed by atoms with Crippen molar-refractivity contribution in [3.05, 3.63) is 36.5 Å². The quantitative estimate of drug-likeness (QED) is 0.636. The van der Waals surface area contributed by atoms with Gasteiger partial charge in [-0.2, -0.15) is 0 Å². The van der Waals surface area contributed by atoms with Gasteiger partial charge in [0.05, 0.1) is 7.18 Å². The fraction of sp³-hybridized carbons (Fsp3) is 0.273. The lowest BCUT2D eigenvalue weighted by Gasteiger charge is -1.83. The Labute approximate surface area is 78.6 Å². The van der Waals surface area contributed by atoms with Gasteiger partial charge < -0.3 is 4.98 Å². The lowest BCUT2D eigenvalue weighted by molar-refractivity contribution is 0.636. The number of hydrogen-bond donors (Lipinski definition) is 1. The first-order valence-corrected chi connectivity index (χ1v) is 4.37. The van der Waals surface area contributed by atoms with Crippen LogP contribution in [-0.2, 0) is 0 Å². The van der Waals surface area contributed by atoms with Crippen LogP contribution in [0.4, 0.5) is 4.39 Å². The van der Waals surface area contributed by atoms with Gasteiger partial charge in [-0.1, -0.05) is 32.0 Å². The number of nitrogens with one attached hydrogen (secondary N) is 1. The summed E-state index contributed by atoms with van der Waals surface area (Å²) in [6.07, 6.45) is 1.95. The van der Waals surface area contributed by atoms with E-state index in [1.807, 2.05) is 32.2 Å². The number of alkyl halides is 1. The van der Waals surface area contributed by atoms with E-state index in [0.717, 1.165) is 0 Å². The monoisotopic (exact) mass is 181 g/mol. The van der Waals surface area contributed by atoms with Gasteiger partial charge in [0.1, 0.15) is 0 Å². The molecule has 0 fully saturated rings. The van der Waals surface area contributed by atoms with Crippen LogP contribution in [0.2, 0.25) is 0 Å². The number of hydrogen-bond acceptors (Lipinski definition) is 0. The van der Waals surface area contributed by atoms with Gasteiger partial charge in [-0.15, -0.1) is 0 Å². The van der Waals surface area contributed by atoms with Crippen molar-refractivity contribution in [3.63, 3.8) is 0 Å². The molecule has 1 heterocycles. The van der Waals surface area contributed by atoms with E-state index in [-0.39, 0.29) is 0 Å². The molecule has 2 heteroatoms. The molecule has 13 heavy (non-hydrogen) atoms. The van der Waals surface area contributed by atoms with Gasteiger partial charge in [-0.25, -0.2) is 0 Å². The summed E-state index contributed by atoms with van der Waals surface area (Å²) in [6, 6.07) is 10.3. The Balaban J connectivity index is 0.000000322. The zero-order chi connectivity index (χ0) is 10.1. The van der Waals surface area contributed by atoms with Gasteiger partial charge in [-0.05, 0) is 17.5 Å². The molecule has 2 rings (SSSR count). The standard InChI is InChI=1S/C8H7N.C2H6.CH3F/c1-2-4-8-7(3-1)5-6-9-8;2*1-2/h1-6,9H;1-2H3;1H3. The fourth-order valence-corrected chi connectivity index (χ4v) is 0.995. The van der Waals surface area contributed by atoms with Crippen LogP contribution in [0.5, 0.6) is 0 Å². The van der Waals surface area contributed by atoms with Crippen LogP contribution in [0, 0.1) is 0 Å². The molecule has 0 saturated heterocycles. The summed E-state index contributed by atoms with van der Waals surface area (Å²) in [7, 11) is 0.500. The maximum absolute atomic E-state index is 9.50.